The number of nitrogens with one attached hydrogen (secondary N) is 2. The number of aromatic nitrogens is 2. The van der Waals surface area contributed by atoms with E-state index in [0.29, 0.717) is 18.5 Å². The number of fused-ring (bicyclic) bond motifs is 1. The summed E-state index contributed by atoms with van der Waals surface area (Å²) < 4.78 is 7.07. The Kier molecular flexibility index (Phi) is 2.61. The van der Waals surface area contributed by atoms with Crippen LogP contribution in [0.1, 0.15) is 18.2 Å². The number of rotatable bonds is 1. The van der Waals surface area contributed by atoms with Gasteiger partial charge in [-0.05, 0) is 6.92 Å². The highest BCUT2D eigenvalue weighted by Crippen LogP contribution is 2.32. The minimum absolute atomic E-state index is 0.0594. The highest BCUT2D eigenvalue weighted by atomic mass is 16.5. The molecule has 0 bridgehead atoms. The van der Waals surface area contributed by atoms with Gasteiger partial charge in [0.1, 0.15) is 12.3 Å². The van der Waals surface area contributed by atoms with E-state index in [2.05, 4.69) is 10.3 Å². The van der Waals surface area contributed by atoms with Gasteiger partial charge in [-0.2, -0.15) is 0 Å². The lowest BCUT2D eigenvalue weighted by atomic mass is 10.1. The SMILES string of the molecule is Cc1cn([C@H]2C[C@@H]3NCC(O)[C@H]3O2)c(=O)[nH]c1=O. The van der Waals surface area contributed by atoms with Crippen molar-refractivity contribution in [3.63, 3.8) is 0 Å². The molecule has 0 amide bonds. The highest BCUT2D eigenvalue weighted by Gasteiger charge is 2.44. The minimum Gasteiger partial charge on any atom is -0.389 e. The molecule has 3 heterocycles. The molecular weight excluding hydrogens is 238 g/mol. The first-order valence-corrected chi connectivity index (χ1v) is 5.95. The molecule has 18 heavy (non-hydrogen) atoms. The first kappa shape index (κ1) is 11.6. The average molecular weight is 253 g/mol. The summed E-state index contributed by atoms with van der Waals surface area (Å²) >= 11 is 0. The first-order chi connectivity index (χ1) is 8.56. The fourth-order valence-electron chi connectivity index (χ4n) is 2.61. The largest absolute Gasteiger partial charge is 0.389 e. The summed E-state index contributed by atoms with van der Waals surface area (Å²) in [4.78, 5) is 25.3. The Labute approximate surface area is 102 Å². The van der Waals surface area contributed by atoms with Gasteiger partial charge in [-0.15, -0.1) is 0 Å². The number of nitrogens with zero attached hydrogens (tertiary/aromatic N) is 1. The molecule has 1 unspecified atom stereocenters. The third kappa shape index (κ3) is 1.71. The molecule has 0 radical (unpaired) electrons. The van der Waals surface area contributed by atoms with Crippen molar-refractivity contribution in [2.24, 2.45) is 0 Å². The van der Waals surface area contributed by atoms with Gasteiger partial charge in [0.05, 0.1) is 6.10 Å². The van der Waals surface area contributed by atoms with Crippen LogP contribution in [0, 0.1) is 6.92 Å². The number of aromatic amines is 1. The van der Waals surface area contributed by atoms with Crippen LogP contribution in [0.3, 0.4) is 0 Å². The lowest BCUT2D eigenvalue weighted by Crippen LogP contribution is -2.34. The van der Waals surface area contributed by atoms with Crippen LogP contribution >= 0.6 is 0 Å². The second-order valence-corrected chi connectivity index (χ2v) is 4.85. The first-order valence-electron chi connectivity index (χ1n) is 5.95. The predicted octanol–water partition coefficient (Wildman–Crippen LogP) is -1.53. The Morgan fingerprint density at radius 1 is 1.50 bits per heavy atom. The smallest absolute Gasteiger partial charge is 0.330 e. The molecule has 3 N–H and O–H groups in total. The van der Waals surface area contributed by atoms with Crippen molar-refractivity contribution in [3.8, 4) is 0 Å². The van der Waals surface area contributed by atoms with E-state index in [1.807, 2.05) is 0 Å². The molecule has 4 atom stereocenters. The van der Waals surface area contributed by atoms with Gasteiger partial charge in [0.2, 0.25) is 0 Å². The molecule has 0 aromatic carbocycles. The maximum Gasteiger partial charge on any atom is 0.330 e. The summed E-state index contributed by atoms with van der Waals surface area (Å²) in [6.07, 6.45) is 0.839. The Hall–Kier alpha value is -1.44. The molecule has 2 saturated heterocycles. The molecular formula is C11H15N3O4. The van der Waals surface area contributed by atoms with E-state index in [4.69, 9.17) is 4.74 Å². The molecule has 7 heteroatoms. The monoisotopic (exact) mass is 253 g/mol. The number of H-pyrrole nitrogens is 1. The van der Waals surface area contributed by atoms with Crippen LogP contribution in [-0.4, -0.2) is 39.5 Å². The van der Waals surface area contributed by atoms with Crippen LogP contribution in [0.15, 0.2) is 15.8 Å². The molecule has 1 aromatic heterocycles. The zero-order valence-corrected chi connectivity index (χ0v) is 9.92. The van der Waals surface area contributed by atoms with Crippen LogP contribution in [0.2, 0.25) is 0 Å². The summed E-state index contributed by atoms with van der Waals surface area (Å²) in [6, 6.07) is 0.0594. The lowest BCUT2D eigenvalue weighted by molar-refractivity contribution is -0.0489. The van der Waals surface area contributed by atoms with Crippen molar-refractivity contribution in [2.45, 2.75) is 37.8 Å². The van der Waals surface area contributed by atoms with Gasteiger partial charge >= 0.3 is 5.69 Å². The van der Waals surface area contributed by atoms with E-state index in [0.717, 1.165) is 0 Å². The van der Waals surface area contributed by atoms with E-state index in [9.17, 15) is 14.7 Å². The van der Waals surface area contributed by atoms with Crippen LogP contribution in [0.25, 0.3) is 0 Å². The summed E-state index contributed by atoms with van der Waals surface area (Å²) in [5.74, 6) is 0. The topological polar surface area (TPSA) is 96.3 Å². The molecule has 98 valence electrons. The maximum absolute atomic E-state index is 11.7. The van der Waals surface area contributed by atoms with Crippen molar-refractivity contribution in [3.05, 3.63) is 32.6 Å². The summed E-state index contributed by atoms with van der Waals surface area (Å²) in [5.41, 5.74) is -0.401. The number of aliphatic hydroxyl groups excluding tert-OH is 1. The number of aliphatic hydroxyl groups is 1. The number of ether oxygens (including phenoxy) is 1. The van der Waals surface area contributed by atoms with Gasteiger partial charge in [0.25, 0.3) is 5.56 Å². The second kappa shape index (κ2) is 4.04. The van der Waals surface area contributed by atoms with Gasteiger partial charge in [-0.25, -0.2) is 4.79 Å². The zero-order valence-electron chi connectivity index (χ0n) is 9.92. The predicted molar refractivity (Wildman–Crippen MR) is 62.4 cm³/mol. The van der Waals surface area contributed by atoms with Crippen molar-refractivity contribution in [1.82, 2.24) is 14.9 Å². The van der Waals surface area contributed by atoms with Gasteiger partial charge in [-0.1, -0.05) is 0 Å². The maximum atomic E-state index is 11.7. The molecule has 7 nitrogen and oxygen atoms in total. The standard InChI is InChI=1S/C11H15N3O4/c1-5-4-14(11(17)13-10(5)16)8-2-6-9(18-8)7(15)3-12-6/h4,6-9,12,15H,2-3H2,1H3,(H,13,16,17)/t6-,7?,8+,9-/m0/s1. The zero-order chi connectivity index (χ0) is 12.9. The molecule has 0 spiro atoms. The van der Waals surface area contributed by atoms with Gasteiger partial charge < -0.3 is 15.2 Å². The van der Waals surface area contributed by atoms with Gasteiger partial charge in [0, 0.05) is 30.8 Å². The van der Waals surface area contributed by atoms with Crippen molar-refractivity contribution in [2.75, 3.05) is 6.54 Å². The van der Waals surface area contributed by atoms with Crippen LogP contribution in [0.5, 0.6) is 0 Å². The fourth-order valence-corrected chi connectivity index (χ4v) is 2.61. The van der Waals surface area contributed by atoms with Crippen LogP contribution < -0.4 is 16.6 Å². The number of aryl methyl sites for hydroxylation is 1. The Morgan fingerprint density at radius 2 is 2.28 bits per heavy atom. The molecule has 0 aliphatic carbocycles. The van der Waals surface area contributed by atoms with E-state index >= 15 is 0 Å². The van der Waals surface area contributed by atoms with Crippen molar-refractivity contribution >= 4 is 0 Å². The summed E-state index contributed by atoms with van der Waals surface area (Å²) in [7, 11) is 0. The highest BCUT2D eigenvalue weighted by molar-refractivity contribution is 5.03. The third-order valence-electron chi connectivity index (χ3n) is 3.59. The molecule has 0 saturated carbocycles. The third-order valence-corrected chi connectivity index (χ3v) is 3.59. The Balaban J connectivity index is 1.92. The van der Waals surface area contributed by atoms with E-state index in [1.165, 1.54) is 10.8 Å². The van der Waals surface area contributed by atoms with Gasteiger partial charge in [-0.3, -0.25) is 14.3 Å². The molecule has 3 rings (SSSR count). The van der Waals surface area contributed by atoms with E-state index < -0.39 is 18.0 Å². The van der Waals surface area contributed by atoms with Crippen LogP contribution in [0.4, 0.5) is 0 Å². The summed E-state index contributed by atoms with van der Waals surface area (Å²) in [5, 5.41) is 12.9. The summed E-state index contributed by atoms with van der Waals surface area (Å²) in [6.45, 7) is 2.15. The van der Waals surface area contributed by atoms with Crippen molar-refractivity contribution < 1.29 is 9.84 Å². The Bertz CT molecular complexity index is 578. The Morgan fingerprint density at radius 3 is 3.00 bits per heavy atom. The second-order valence-electron chi connectivity index (χ2n) is 4.85. The molecule has 2 aliphatic heterocycles. The quantitative estimate of drug-likeness (QED) is 0.564. The minimum atomic E-state index is -0.542. The average Bonchev–Trinajstić information content (AvgIpc) is 2.87. The molecule has 2 aliphatic rings. The van der Waals surface area contributed by atoms with Crippen LogP contribution in [-0.2, 0) is 4.74 Å². The van der Waals surface area contributed by atoms with E-state index in [1.54, 1.807) is 6.92 Å². The van der Waals surface area contributed by atoms with Gasteiger partial charge in [0.15, 0.2) is 0 Å². The normalized spacial score (nSPS) is 34.8. The number of hydrogen-bond donors (Lipinski definition) is 3. The molecule has 2 fully saturated rings. The van der Waals surface area contributed by atoms with E-state index in [-0.39, 0.29) is 17.7 Å². The fraction of sp³-hybridized carbons (Fsp3) is 0.636. The number of β-amino-alcohol motifs (C(OH)–C–C–N with tert-alkyl or cyclic N) is 1. The van der Waals surface area contributed by atoms with Crippen molar-refractivity contribution in [1.29, 1.82) is 0 Å². The number of hydrogen-bond acceptors (Lipinski definition) is 5. The lowest BCUT2D eigenvalue weighted by Gasteiger charge is -2.17. The molecule has 1 aromatic rings.